The molecule has 0 radical (unpaired) electrons. The lowest BCUT2D eigenvalue weighted by Crippen LogP contribution is -2.14. The van der Waals surface area contributed by atoms with Gasteiger partial charge in [0, 0.05) is 6.20 Å². The molecule has 0 fully saturated rings. The van der Waals surface area contributed by atoms with Crippen molar-refractivity contribution >= 4 is 22.9 Å². The second-order valence-corrected chi connectivity index (χ2v) is 8.70. The maximum Gasteiger partial charge on any atom is 0.178 e. The summed E-state index contributed by atoms with van der Waals surface area (Å²) in [6.45, 7) is 0. The van der Waals surface area contributed by atoms with Crippen molar-refractivity contribution in [1.29, 1.82) is 0 Å². The predicted octanol–water partition coefficient (Wildman–Crippen LogP) is 6.79. The molecule has 2 N–H and O–H groups in total. The lowest BCUT2D eigenvalue weighted by molar-refractivity contribution is 0.247. The molecule has 5 heteroatoms. The first kappa shape index (κ1) is 25.0. The molecular weight excluding hydrogens is 470 g/mol. The van der Waals surface area contributed by atoms with Gasteiger partial charge in [-0.3, -0.25) is 0 Å². The minimum Gasteiger partial charge on any atom is -0.382 e. The molecule has 5 aromatic rings. The van der Waals surface area contributed by atoms with Crippen LogP contribution in [0.4, 0.5) is 11.5 Å². The first-order valence-corrected chi connectivity index (χ1v) is 12.4. The van der Waals surface area contributed by atoms with Crippen LogP contribution in [0.3, 0.4) is 0 Å². The van der Waals surface area contributed by atoms with Gasteiger partial charge in [-0.1, -0.05) is 121 Å². The SMILES string of the molecule is OC(C(=Nc1cccnc1/N=C(\c1ccccc1)C(O)c1ccccc1)c1ccccc1)c1ccccc1. The summed E-state index contributed by atoms with van der Waals surface area (Å²) in [6.07, 6.45) is -0.286. The highest BCUT2D eigenvalue weighted by molar-refractivity contribution is 6.07. The van der Waals surface area contributed by atoms with E-state index in [2.05, 4.69) is 4.98 Å². The second-order valence-electron chi connectivity index (χ2n) is 8.70. The van der Waals surface area contributed by atoms with Crippen LogP contribution < -0.4 is 0 Å². The quantitative estimate of drug-likeness (QED) is 0.232. The number of benzene rings is 4. The van der Waals surface area contributed by atoms with E-state index in [0.717, 1.165) is 22.3 Å². The van der Waals surface area contributed by atoms with Gasteiger partial charge in [-0.05, 0) is 34.4 Å². The molecule has 38 heavy (non-hydrogen) atoms. The van der Waals surface area contributed by atoms with Crippen LogP contribution in [-0.4, -0.2) is 26.6 Å². The molecule has 1 aromatic heterocycles. The lowest BCUT2D eigenvalue weighted by atomic mass is 9.98. The smallest absolute Gasteiger partial charge is 0.178 e. The second kappa shape index (κ2) is 12.0. The van der Waals surface area contributed by atoms with E-state index in [0.29, 0.717) is 22.9 Å². The molecular formula is C33H27N3O2. The Labute approximate surface area is 222 Å². The van der Waals surface area contributed by atoms with Crippen LogP contribution in [0.2, 0.25) is 0 Å². The molecule has 0 aliphatic carbocycles. The zero-order chi connectivity index (χ0) is 26.2. The molecule has 2 unspecified atom stereocenters. The summed E-state index contributed by atoms with van der Waals surface area (Å²) in [7, 11) is 0. The number of aliphatic imine (C=N–C) groups is 2. The Morgan fingerprint density at radius 2 is 0.921 bits per heavy atom. The van der Waals surface area contributed by atoms with E-state index in [-0.39, 0.29) is 0 Å². The maximum absolute atomic E-state index is 11.4. The monoisotopic (exact) mass is 497 g/mol. The van der Waals surface area contributed by atoms with Crippen LogP contribution >= 0.6 is 0 Å². The van der Waals surface area contributed by atoms with Gasteiger partial charge in [-0.15, -0.1) is 0 Å². The Kier molecular flexibility index (Phi) is 7.89. The summed E-state index contributed by atoms with van der Waals surface area (Å²) < 4.78 is 0. The van der Waals surface area contributed by atoms with Gasteiger partial charge < -0.3 is 10.2 Å². The summed E-state index contributed by atoms with van der Waals surface area (Å²) in [5, 5.41) is 22.7. The standard InChI is InChI=1S/C33H27N3O2/c37-31(26-18-9-3-10-19-26)29(24-14-5-1-6-15-24)35-28-22-13-23-34-33(28)36-30(25-16-7-2-8-17-25)32(38)27-20-11-4-12-21-27/h1-23,31-32,37-38H/b35-29?,36-30+. The average Bonchev–Trinajstić information content (AvgIpc) is 3.00. The molecule has 5 nitrogen and oxygen atoms in total. The molecule has 5 rings (SSSR count). The number of nitrogens with zero attached hydrogens (tertiary/aromatic N) is 3. The van der Waals surface area contributed by atoms with Gasteiger partial charge in [0.1, 0.15) is 17.9 Å². The number of pyridine rings is 1. The van der Waals surface area contributed by atoms with Crippen LogP contribution in [0.5, 0.6) is 0 Å². The largest absolute Gasteiger partial charge is 0.382 e. The van der Waals surface area contributed by atoms with Crippen LogP contribution in [0.25, 0.3) is 0 Å². The highest BCUT2D eigenvalue weighted by Gasteiger charge is 2.20. The Bertz CT molecular complexity index is 1400. The zero-order valence-electron chi connectivity index (χ0n) is 20.7. The van der Waals surface area contributed by atoms with Crippen LogP contribution in [0.15, 0.2) is 150 Å². The number of hydrogen-bond donors (Lipinski definition) is 2. The highest BCUT2D eigenvalue weighted by atomic mass is 16.3. The molecule has 2 atom stereocenters. The third-order valence-corrected chi connectivity index (χ3v) is 6.12. The normalized spacial score (nSPS) is 13.6. The van der Waals surface area contributed by atoms with Gasteiger partial charge in [0.2, 0.25) is 0 Å². The van der Waals surface area contributed by atoms with Crippen molar-refractivity contribution in [1.82, 2.24) is 4.98 Å². The van der Waals surface area contributed by atoms with E-state index >= 15 is 0 Å². The Balaban J connectivity index is 1.65. The lowest BCUT2D eigenvalue weighted by Gasteiger charge is -2.17. The fraction of sp³-hybridized carbons (Fsp3) is 0.0606. The zero-order valence-corrected chi connectivity index (χ0v) is 20.7. The van der Waals surface area contributed by atoms with Crippen molar-refractivity contribution in [3.05, 3.63) is 162 Å². The first-order valence-electron chi connectivity index (χ1n) is 12.4. The molecule has 1 heterocycles. The number of hydrogen-bond acceptors (Lipinski definition) is 5. The van der Waals surface area contributed by atoms with Crippen LogP contribution in [0, 0.1) is 0 Å². The summed E-state index contributed by atoms with van der Waals surface area (Å²) in [6, 6.07) is 41.5. The van der Waals surface area contributed by atoms with Crippen LogP contribution in [-0.2, 0) is 0 Å². The Morgan fingerprint density at radius 3 is 1.39 bits per heavy atom. The fourth-order valence-corrected chi connectivity index (χ4v) is 4.18. The third kappa shape index (κ3) is 5.81. The number of rotatable bonds is 8. The van der Waals surface area contributed by atoms with Crippen molar-refractivity contribution in [3.8, 4) is 0 Å². The van der Waals surface area contributed by atoms with Crippen molar-refractivity contribution in [2.45, 2.75) is 12.2 Å². The van der Waals surface area contributed by atoms with Gasteiger partial charge in [-0.25, -0.2) is 15.0 Å². The van der Waals surface area contributed by atoms with Crippen molar-refractivity contribution in [2.24, 2.45) is 9.98 Å². The van der Waals surface area contributed by atoms with Gasteiger partial charge >= 0.3 is 0 Å². The van der Waals surface area contributed by atoms with E-state index in [9.17, 15) is 10.2 Å². The van der Waals surface area contributed by atoms with E-state index < -0.39 is 12.2 Å². The number of aromatic nitrogens is 1. The highest BCUT2D eigenvalue weighted by Crippen LogP contribution is 2.31. The predicted molar refractivity (Wildman–Crippen MR) is 152 cm³/mol. The van der Waals surface area contributed by atoms with E-state index in [1.807, 2.05) is 127 Å². The summed E-state index contributed by atoms with van der Waals surface area (Å²) in [4.78, 5) is 14.3. The molecule has 0 aliphatic heterocycles. The number of aliphatic hydroxyl groups excluding tert-OH is 2. The maximum atomic E-state index is 11.4. The summed E-state index contributed by atoms with van der Waals surface area (Å²) in [5.74, 6) is 0.343. The minimum atomic E-state index is -0.971. The molecule has 0 saturated heterocycles. The Hall–Kier alpha value is -4.71. The molecule has 0 spiro atoms. The summed E-state index contributed by atoms with van der Waals surface area (Å²) in [5.41, 5.74) is 4.43. The average molecular weight is 498 g/mol. The molecule has 0 bridgehead atoms. The molecule has 186 valence electrons. The first-order chi connectivity index (χ1) is 18.7. The minimum absolute atomic E-state index is 0.343. The van der Waals surface area contributed by atoms with E-state index in [4.69, 9.17) is 9.98 Å². The third-order valence-electron chi connectivity index (χ3n) is 6.12. The van der Waals surface area contributed by atoms with Gasteiger partial charge in [-0.2, -0.15) is 0 Å². The topological polar surface area (TPSA) is 78.1 Å². The van der Waals surface area contributed by atoms with Crippen molar-refractivity contribution < 1.29 is 10.2 Å². The molecule has 4 aromatic carbocycles. The molecule has 0 aliphatic rings. The van der Waals surface area contributed by atoms with Gasteiger partial charge in [0.05, 0.1) is 11.4 Å². The number of aliphatic hydroxyl groups is 2. The van der Waals surface area contributed by atoms with Gasteiger partial charge in [0.15, 0.2) is 5.82 Å². The van der Waals surface area contributed by atoms with E-state index in [1.165, 1.54) is 0 Å². The van der Waals surface area contributed by atoms with Crippen molar-refractivity contribution in [2.75, 3.05) is 0 Å². The molecule has 0 amide bonds. The van der Waals surface area contributed by atoms with E-state index in [1.54, 1.807) is 12.3 Å². The Morgan fingerprint density at radius 1 is 0.500 bits per heavy atom. The fourth-order valence-electron chi connectivity index (χ4n) is 4.18. The molecule has 0 saturated carbocycles. The van der Waals surface area contributed by atoms with Crippen LogP contribution in [0.1, 0.15) is 34.5 Å². The summed E-state index contributed by atoms with van der Waals surface area (Å²) >= 11 is 0. The van der Waals surface area contributed by atoms with Crippen molar-refractivity contribution in [3.63, 3.8) is 0 Å². The van der Waals surface area contributed by atoms with Gasteiger partial charge in [0.25, 0.3) is 0 Å².